The quantitative estimate of drug-likeness (QED) is 0.810. The number of thiophene rings is 1. The fraction of sp³-hybridized carbons (Fsp3) is 0.750. The van der Waals surface area contributed by atoms with Gasteiger partial charge < -0.3 is 5.32 Å². The molecule has 0 aromatic carbocycles. The van der Waals surface area contributed by atoms with Crippen LogP contribution >= 0.6 is 11.3 Å². The van der Waals surface area contributed by atoms with Crippen LogP contribution in [-0.4, -0.2) is 13.1 Å². The highest BCUT2D eigenvalue weighted by atomic mass is 32.1. The zero-order valence-corrected chi connectivity index (χ0v) is 12.9. The molecule has 1 N–H and O–H groups in total. The molecular weight excluding hydrogens is 238 g/mol. The number of rotatable bonds is 6. The maximum Gasteiger partial charge on any atom is 0.0141 e. The van der Waals surface area contributed by atoms with E-state index in [1.165, 1.54) is 43.4 Å². The normalized spacial score (nSPS) is 25.5. The Balaban J connectivity index is 1.93. The van der Waals surface area contributed by atoms with E-state index in [1.54, 1.807) is 4.88 Å². The summed E-state index contributed by atoms with van der Waals surface area (Å²) < 4.78 is 0. The predicted molar refractivity (Wildman–Crippen MR) is 81.4 cm³/mol. The number of hydrogen-bond acceptors (Lipinski definition) is 2. The van der Waals surface area contributed by atoms with E-state index >= 15 is 0 Å². The molecule has 1 heterocycles. The third kappa shape index (κ3) is 3.36. The van der Waals surface area contributed by atoms with Crippen molar-refractivity contribution >= 4 is 11.3 Å². The standard InChI is InChI=1S/C16H27NS/c1-4-12-6-7-13(10-12)16(17-3)11-15-9-8-14(5-2)18-15/h8-9,12-13,16-17H,4-7,10-11H2,1-3H3. The van der Waals surface area contributed by atoms with Crippen LogP contribution in [0.5, 0.6) is 0 Å². The van der Waals surface area contributed by atoms with Crippen molar-refractivity contribution in [2.24, 2.45) is 11.8 Å². The minimum absolute atomic E-state index is 0.685. The van der Waals surface area contributed by atoms with Crippen molar-refractivity contribution < 1.29 is 0 Å². The van der Waals surface area contributed by atoms with Crippen LogP contribution in [0.25, 0.3) is 0 Å². The topological polar surface area (TPSA) is 12.0 Å². The smallest absolute Gasteiger partial charge is 0.0141 e. The van der Waals surface area contributed by atoms with Gasteiger partial charge in [0.05, 0.1) is 0 Å². The van der Waals surface area contributed by atoms with Gasteiger partial charge in [-0.1, -0.05) is 26.7 Å². The lowest BCUT2D eigenvalue weighted by atomic mass is 9.93. The maximum absolute atomic E-state index is 3.57. The lowest BCUT2D eigenvalue weighted by molar-refractivity contribution is 0.363. The van der Waals surface area contributed by atoms with Crippen LogP contribution in [0.2, 0.25) is 0 Å². The van der Waals surface area contributed by atoms with Gasteiger partial charge in [0.2, 0.25) is 0 Å². The van der Waals surface area contributed by atoms with Gasteiger partial charge in [0.25, 0.3) is 0 Å². The molecule has 1 aromatic rings. The van der Waals surface area contributed by atoms with Crippen LogP contribution in [0.1, 0.15) is 49.3 Å². The second kappa shape index (κ2) is 6.72. The van der Waals surface area contributed by atoms with Gasteiger partial charge in [0.1, 0.15) is 0 Å². The molecule has 1 nitrogen and oxygen atoms in total. The van der Waals surface area contributed by atoms with Gasteiger partial charge in [-0.3, -0.25) is 0 Å². The first-order valence-corrected chi connectivity index (χ1v) is 8.33. The van der Waals surface area contributed by atoms with Crippen molar-refractivity contribution in [2.75, 3.05) is 7.05 Å². The van der Waals surface area contributed by atoms with Gasteiger partial charge in [-0.2, -0.15) is 0 Å². The minimum atomic E-state index is 0.685. The van der Waals surface area contributed by atoms with Crippen molar-refractivity contribution in [3.05, 3.63) is 21.9 Å². The van der Waals surface area contributed by atoms with Crippen LogP contribution in [0.4, 0.5) is 0 Å². The number of aryl methyl sites for hydroxylation is 1. The van der Waals surface area contributed by atoms with Crippen molar-refractivity contribution in [3.63, 3.8) is 0 Å². The van der Waals surface area contributed by atoms with E-state index in [4.69, 9.17) is 0 Å². The zero-order valence-electron chi connectivity index (χ0n) is 12.0. The molecule has 1 fully saturated rings. The summed E-state index contributed by atoms with van der Waals surface area (Å²) in [5.41, 5.74) is 0. The molecule has 1 aromatic heterocycles. The van der Waals surface area contributed by atoms with E-state index in [-0.39, 0.29) is 0 Å². The van der Waals surface area contributed by atoms with E-state index in [9.17, 15) is 0 Å². The van der Waals surface area contributed by atoms with Gasteiger partial charge in [0.15, 0.2) is 0 Å². The highest BCUT2D eigenvalue weighted by Gasteiger charge is 2.29. The molecule has 3 unspecified atom stereocenters. The van der Waals surface area contributed by atoms with E-state index in [1.807, 2.05) is 11.3 Å². The number of nitrogens with one attached hydrogen (secondary N) is 1. The molecule has 0 aliphatic heterocycles. The van der Waals surface area contributed by atoms with Gasteiger partial charge >= 0.3 is 0 Å². The van der Waals surface area contributed by atoms with Crippen molar-refractivity contribution in [1.29, 1.82) is 0 Å². The molecule has 3 atom stereocenters. The summed E-state index contributed by atoms with van der Waals surface area (Å²) in [6.07, 6.45) is 8.08. The molecular formula is C16H27NS. The van der Waals surface area contributed by atoms with Crippen LogP contribution in [0, 0.1) is 11.8 Å². The van der Waals surface area contributed by atoms with Crippen molar-refractivity contribution in [2.45, 2.75) is 58.4 Å². The third-order valence-corrected chi connectivity index (χ3v) is 5.84. The fourth-order valence-corrected chi connectivity index (χ4v) is 4.31. The minimum Gasteiger partial charge on any atom is -0.316 e. The van der Waals surface area contributed by atoms with Gasteiger partial charge in [-0.25, -0.2) is 0 Å². The summed E-state index contributed by atoms with van der Waals surface area (Å²) in [4.78, 5) is 3.09. The highest BCUT2D eigenvalue weighted by Crippen LogP contribution is 2.36. The van der Waals surface area contributed by atoms with E-state index in [0.717, 1.165) is 11.8 Å². The highest BCUT2D eigenvalue weighted by molar-refractivity contribution is 7.11. The summed E-state index contributed by atoms with van der Waals surface area (Å²) in [6.45, 7) is 4.59. The van der Waals surface area contributed by atoms with E-state index in [2.05, 4.69) is 38.3 Å². The molecule has 2 heteroatoms. The van der Waals surface area contributed by atoms with Crippen LogP contribution in [0.15, 0.2) is 12.1 Å². The molecule has 18 heavy (non-hydrogen) atoms. The van der Waals surface area contributed by atoms with Crippen LogP contribution < -0.4 is 5.32 Å². The summed E-state index contributed by atoms with van der Waals surface area (Å²) in [5.74, 6) is 1.88. The molecule has 0 radical (unpaired) electrons. The first-order chi connectivity index (χ1) is 8.76. The average molecular weight is 265 g/mol. The maximum atomic E-state index is 3.57. The third-order valence-electron chi connectivity index (χ3n) is 4.59. The Kier molecular flexibility index (Phi) is 5.25. The molecule has 1 aliphatic rings. The van der Waals surface area contributed by atoms with Gasteiger partial charge in [-0.05, 0) is 56.7 Å². The Hall–Kier alpha value is -0.340. The fourth-order valence-electron chi connectivity index (χ4n) is 3.29. The SMILES string of the molecule is CCc1ccc(CC(NC)C2CCC(CC)C2)s1. The molecule has 1 saturated carbocycles. The molecule has 0 bridgehead atoms. The molecule has 102 valence electrons. The monoisotopic (exact) mass is 265 g/mol. The second-order valence-electron chi connectivity index (χ2n) is 5.67. The molecule has 0 saturated heterocycles. The van der Waals surface area contributed by atoms with Crippen molar-refractivity contribution in [1.82, 2.24) is 5.32 Å². The average Bonchev–Trinajstić information content (AvgIpc) is 3.04. The largest absolute Gasteiger partial charge is 0.316 e. The van der Waals surface area contributed by atoms with Gasteiger partial charge in [0, 0.05) is 15.8 Å². The molecule has 0 amide bonds. The number of likely N-dealkylation sites (N-methyl/N-ethyl adjacent to an activating group) is 1. The Morgan fingerprint density at radius 2 is 2.06 bits per heavy atom. The lowest BCUT2D eigenvalue weighted by Gasteiger charge is -2.22. The predicted octanol–water partition coefficient (Wildman–Crippen LogP) is 4.27. The van der Waals surface area contributed by atoms with Crippen LogP contribution in [0.3, 0.4) is 0 Å². The Labute approximate surface area is 116 Å². The Bertz CT molecular complexity index is 358. The summed E-state index contributed by atoms with van der Waals surface area (Å²) >= 11 is 2.00. The Morgan fingerprint density at radius 1 is 1.28 bits per heavy atom. The summed E-state index contributed by atoms with van der Waals surface area (Å²) in [7, 11) is 2.14. The Morgan fingerprint density at radius 3 is 2.61 bits per heavy atom. The molecule has 0 spiro atoms. The zero-order chi connectivity index (χ0) is 13.0. The lowest BCUT2D eigenvalue weighted by Crippen LogP contribution is -2.34. The summed E-state index contributed by atoms with van der Waals surface area (Å²) in [5, 5.41) is 3.57. The van der Waals surface area contributed by atoms with Crippen molar-refractivity contribution in [3.8, 4) is 0 Å². The molecule has 1 aliphatic carbocycles. The first kappa shape index (κ1) is 14.1. The summed E-state index contributed by atoms with van der Waals surface area (Å²) in [6, 6.07) is 5.32. The number of hydrogen-bond donors (Lipinski definition) is 1. The van der Waals surface area contributed by atoms with E-state index in [0.29, 0.717) is 6.04 Å². The first-order valence-electron chi connectivity index (χ1n) is 7.51. The van der Waals surface area contributed by atoms with E-state index < -0.39 is 0 Å². The van der Waals surface area contributed by atoms with Gasteiger partial charge in [-0.15, -0.1) is 11.3 Å². The molecule has 2 rings (SSSR count). The second-order valence-corrected chi connectivity index (χ2v) is 6.92. The van der Waals surface area contributed by atoms with Crippen LogP contribution in [-0.2, 0) is 12.8 Å².